The van der Waals surface area contributed by atoms with Gasteiger partial charge >= 0.3 is 11.9 Å². The van der Waals surface area contributed by atoms with Gasteiger partial charge in [0.2, 0.25) is 0 Å². The molecule has 11 heteroatoms. The average molecular weight is 513 g/mol. The van der Waals surface area contributed by atoms with Gasteiger partial charge in [-0.2, -0.15) is 0 Å². The standard InChI is InChI=1S/C15H15Br2NO7S/c1-23-14(19)9-6-25-7-18(12(9)15(20)24-2)13-10(16)4-8(5-11(13)17)26(3,21)22/h4-5H,6-7H2,1-3H3. The zero-order chi connectivity index (χ0) is 19.6. The molecule has 142 valence electrons. The SMILES string of the molecule is COC(=O)C1=C(C(=O)OC)N(c2c(Br)cc(S(C)(=O)=O)cc2Br)COC1. The monoisotopic (exact) mass is 511 g/mol. The average Bonchev–Trinajstić information content (AvgIpc) is 2.58. The smallest absolute Gasteiger partial charge is 0.355 e. The maximum Gasteiger partial charge on any atom is 0.355 e. The Labute approximate surface area is 167 Å². The van der Waals surface area contributed by atoms with Gasteiger partial charge in [0.1, 0.15) is 12.4 Å². The van der Waals surface area contributed by atoms with Crippen LogP contribution in [0, 0.1) is 0 Å². The van der Waals surface area contributed by atoms with Crippen molar-refractivity contribution >= 4 is 59.3 Å². The third-order valence-electron chi connectivity index (χ3n) is 3.52. The summed E-state index contributed by atoms with van der Waals surface area (Å²) in [6.07, 6.45) is 1.08. The molecule has 0 spiro atoms. The highest BCUT2D eigenvalue weighted by Crippen LogP contribution is 2.40. The quantitative estimate of drug-likeness (QED) is 0.565. The minimum atomic E-state index is -3.45. The van der Waals surface area contributed by atoms with E-state index in [1.54, 1.807) is 0 Å². The van der Waals surface area contributed by atoms with Crippen molar-refractivity contribution < 1.29 is 32.2 Å². The molecule has 0 aromatic heterocycles. The van der Waals surface area contributed by atoms with Gasteiger partial charge in [-0.05, 0) is 44.0 Å². The van der Waals surface area contributed by atoms with Crippen LogP contribution >= 0.6 is 31.9 Å². The van der Waals surface area contributed by atoms with Crippen LogP contribution in [0.2, 0.25) is 0 Å². The number of hydrogen-bond donors (Lipinski definition) is 0. The van der Waals surface area contributed by atoms with E-state index in [4.69, 9.17) is 14.2 Å². The van der Waals surface area contributed by atoms with Crippen LogP contribution in [0.25, 0.3) is 0 Å². The van der Waals surface area contributed by atoms with Crippen LogP contribution in [0.4, 0.5) is 5.69 Å². The summed E-state index contributed by atoms with van der Waals surface area (Å²) in [7, 11) is -1.07. The van der Waals surface area contributed by atoms with Crippen molar-refractivity contribution in [1.29, 1.82) is 0 Å². The summed E-state index contributed by atoms with van der Waals surface area (Å²) < 4.78 is 39.3. The zero-order valence-corrected chi connectivity index (χ0v) is 18.0. The summed E-state index contributed by atoms with van der Waals surface area (Å²) in [5, 5.41) is 0. The van der Waals surface area contributed by atoms with Gasteiger partial charge in [-0.15, -0.1) is 0 Å². The van der Waals surface area contributed by atoms with Gasteiger partial charge in [-0.25, -0.2) is 18.0 Å². The molecular formula is C15H15Br2NO7S. The normalized spacial score (nSPS) is 15.0. The van der Waals surface area contributed by atoms with E-state index >= 15 is 0 Å². The minimum absolute atomic E-state index is 0.00316. The van der Waals surface area contributed by atoms with E-state index in [-0.39, 0.29) is 29.5 Å². The highest BCUT2D eigenvalue weighted by molar-refractivity contribution is 9.11. The van der Waals surface area contributed by atoms with Crippen molar-refractivity contribution in [2.24, 2.45) is 0 Å². The third kappa shape index (κ3) is 4.11. The summed E-state index contributed by atoms with van der Waals surface area (Å²) in [6.45, 7) is -0.176. The number of nitrogens with zero attached hydrogens (tertiary/aromatic N) is 1. The molecule has 1 aromatic rings. The topological polar surface area (TPSA) is 99.2 Å². The Morgan fingerprint density at radius 2 is 1.65 bits per heavy atom. The van der Waals surface area contributed by atoms with Gasteiger partial charge in [0.15, 0.2) is 9.84 Å². The predicted octanol–water partition coefficient (Wildman–Crippen LogP) is 2.01. The van der Waals surface area contributed by atoms with Crippen molar-refractivity contribution in [3.63, 3.8) is 0 Å². The number of carbonyl (C=O) groups is 2. The summed E-state index contributed by atoms with van der Waals surface area (Å²) in [5.74, 6) is -1.48. The van der Waals surface area contributed by atoms with Crippen molar-refractivity contribution in [3.8, 4) is 0 Å². The summed E-state index contributed by atoms with van der Waals surface area (Å²) >= 11 is 6.63. The van der Waals surface area contributed by atoms with Crippen LogP contribution in [0.5, 0.6) is 0 Å². The molecule has 0 radical (unpaired) electrons. The number of carbonyl (C=O) groups excluding carboxylic acids is 2. The lowest BCUT2D eigenvalue weighted by Crippen LogP contribution is -2.39. The molecule has 0 fully saturated rings. The molecule has 1 aromatic carbocycles. The minimum Gasteiger partial charge on any atom is -0.466 e. The molecule has 0 unspecified atom stereocenters. The van der Waals surface area contributed by atoms with Gasteiger partial charge in [0.25, 0.3) is 0 Å². The Balaban J connectivity index is 2.69. The molecule has 0 atom stereocenters. The molecule has 1 aliphatic rings. The fraction of sp³-hybridized carbons (Fsp3) is 0.333. The first-order valence-corrected chi connectivity index (χ1v) is 10.5. The molecule has 0 saturated carbocycles. The molecule has 0 aliphatic carbocycles. The van der Waals surface area contributed by atoms with E-state index in [0.717, 1.165) is 6.26 Å². The number of esters is 2. The molecule has 1 aliphatic heterocycles. The van der Waals surface area contributed by atoms with Gasteiger partial charge < -0.3 is 19.1 Å². The highest BCUT2D eigenvalue weighted by Gasteiger charge is 2.34. The molecule has 0 bridgehead atoms. The lowest BCUT2D eigenvalue weighted by Gasteiger charge is -2.32. The highest BCUT2D eigenvalue weighted by atomic mass is 79.9. The number of benzene rings is 1. The molecule has 1 heterocycles. The Bertz CT molecular complexity index is 872. The largest absolute Gasteiger partial charge is 0.466 e. The second-order valence-corrected chi connectivity index (χ2v) is 8.95. The van der Waals surface area contributed by atoms with E-state index in [1.807, 2.05) is 0 Å². The zero-order valence-electron chi connectivity index (χ0n) is 14.0. The van der Waals surface area contributed by atoms with Crippen molar-refractivity contribution in [1.82, 2.24) is 0 Å². The van der Waals surface area contributed by atoms with E-state index in [0.29, 0.717) is 14.6 Å². The number of anilines is 1. The summed E-state index contributed by atoms with van der Waals surface area (Å²) in [4.78, 5) is 25.8. The fourth-order valence-corrected chi connectivity index (χ4v) is 4.92. The van der Waals surface area contributed by atoms with Crippen molar-refractivity contribution in [2.75, 3.05) is 38.7 Å². The molecule has 2 rings (SSSR count). The maximum absolute atomic E-state index is 12.3. The Morgan fingerprint density at radius 3 is 2.12 bits per heavy atom. The van der Waals surface area contributed by atoms with E-state index in [9.17, 15) is 18.0 Å². The molecular weight excluding hydrogens is 498 g/mol. The molecule has 8 nitrogen and oxygen atoms in total. The van der Waals surface area contributed by atoms with E-state index in [2.05, 4.69) is 31.9 Å². The first kappa shape index (κ1) is 20.9. The number of ether oxygens (including phenoxy) is 3. The first-order chi connectivity index (χ1) is 12.1. The summed E-state index contributed by atoms with van der Waals surface area (Å²) in [5.41, 5.74) is 0.356. The van der Waals surface area contributed by atoms with Crippen molar-refractivity contribution in [2.45, 2.75) is 4.90 Å². The fourth-order valence-electron chi connectivity index (χ4n) is 2.33. The molecule has 26 heavy (non-hydrogen) atoms. The first-order valence-electron chi connectivity index (χ1n) is 7.06. The van der Waals surface area contributed by atoms with Crippen LogP contribution in [0.15, 0.2) is 37.2 Å². The number of sulfone groups is 1. The van der Waals surface area contributed by atoms with E-state index in [1.165, 1.54) is 31.3 Å². The number of methoxy groups -OCH3 is 2. The molecule has 0 amide bonds. The predicted molar refractivity (Wildman–Crippen MR) is 99.3 cm³/mol. The molecule has 0 saturated heterocycles. The Kier molecular flexibility index (Phi) is 6.48. The number of hydrogen-bond acceptors (Lipinski definition) is 8. The molecule has 0 N–H and O–H groups in total. The second kappa shape index (κ2) is 8.07. The van der Waals surface area contributed by atoms with Crippen molar-refractivity contribution in [3.05, 3.63) is 32.3 Å². The third-order valence-corrected chi connectivity index (χ3v) is 5.82. The van der Waals surface area contributed by atoms with Crippen LogP contribution in [0.1, 0.15) is 0 Å². The lowest BCUT2D eigenvalue weighted by molar-refractivity contribution is -0.140. The van der Waals surface area contributed by atoms with E-state index < -0.39 is 21.8 Å². The van der Waals surface area contributed by atoms with Gasteiger partial charge in [0, 0.05) is 15.2 Å². The number of halogens is 2. The number of rotatable bonds is 4. The van der Waals surface area contributed by atoms with Crippen LogP contribution in [0.3, 0.4) is 0 Å². The van der Waals surface area contributed by atoms with Gasteiger partial charge in [-0.3, -0.25) is 0 Å². The van der Waals surface area contributed by atoms with Gasteiger partial charge in [-0.1, -0.05) is 0 Å². The Hall–Kier alpha value is -1.43. The lowest BCUT2D eigenvalue weighted by atomic mass is 10.1. The van der Waals surface area contributed by atoms with Crippen LogP contribution < -0.4 is 4.90 Å². The van der Waals surface area contributed by atoms with Crippen LogP contribution in [-0.4, -0.2) is 54.2 Å². The van der Waals surface area contributed by atoms with Crippen LogP contribution in [-0.2, 0) is 33.6 Å². The second-order valence-electron chi connectivity index (χ2n) is 5.22. The summed E-state index contributed by atoms with van der Waals surface area (Å²) in [6, 6.07) is 2.80. The Morgan fingerprint density at radius 1 is 1.12 bits per heavy atom. The van der Waals surface area contributed by atoms with Gasteiger partial charge in [0.05, 0.1) is 37.0 Å². The maximum atomic E-state index is 12.3.